The molecule has 0 saturated heterocycles. The lowest BCUT2D eigenvalue weighted by molar-refractivity contribution is -0.144. The molecule has 1 aromatic rings. The second-order valence-electron chi connectivity index (χ2n) is 3.74. The minimum absolute atomic E-state index is 0.0618. The van der Waals surface area contributed by atoms with Crippen LogP contribution in [-0.2, 0) is 14.3 Å². The summed E-state index contributed by atoms with van der Waals surface area (Å²) >= 11 is 11.6. The highest BCUT2D eigenvalue weighted by Crippen LogP contribution is 2.24. The summed E-state index contributed by atoms with van der Waals surface area (Å²) in [6, 6.07) is 4.69. The highest BCUT2D eigenvalue weighted by atomic mass is 35.5. The van der Waals surface area contributed by atoms with Gasteiger partial charge in [-0.3, -0.25) is 9.59 Å². The van der Waals surface area contributed by atoms with E-state index in [0.717, 1.165) is 0 Å². The molecule has 19 heavy (non-hydrogen) atoms. The standard InChI is InChI=1S/C13H14Cl2O4/c1-2-18-13(17)4-3-11(16)8-19-12-6-9(14)5-10(15)7-12/h5-7H,2-4,8H2,1H3. The third-order valence-electron chi connectivity index (χ3n) is 2.15. The SMILES string of the molecule is CCOC(=O)CCC(=O)COc1cc(Cl)cc(Cl)c1. The lowest BCUT2D eigenvalue weighted by Crippen LogP contribution is -2.14. The summed E-state index contributed by atoms with van der Waals surface area (Å²) in [5.74, 6) is -0.159. The van der Waals surface area contributed by atoms with Gasteiger partial charge >= 0.3 is 5.97 Å². The predicted octanol–water partition coefficient (Wildman–Crippen LogP) is 3.28. The van der Waals surface area contributed by atoms with Gasteiger partial charge in [0.1, 0.15) is 12.4 Å². The number of carbonyl (C=O) groups excluding carboxylic acids is 2. The first-order valence-electron chi connectivity index (χ1n) is 5.77. The van der Waals surface area contributed by atoms with Crippen LogP contribution in [0.4, 0.5) is 0 Å². The van der Waals surface area contributed by atoms with Crippen molar-refractivity contribution >= 4 is 35.0 Å². The van der Waals surface area contributed by atoms with Gasteiger partial charge in [0, 0.05) is 16.5 Å². The van der Waals surface area contributed by atoms with Gasteiger partial charge in [-0.05, 0) is 25.1 Å². The normalized spacial score (nSPS) is 10.1. The van der Waals surface area contributed by atoms with Crippen molar-refractivity contribution in [3.8, 4) is 5.75 Å². The van der Waals surface area contributed by atoms with E-state index >= 15 is 0 Å². The van der Waals surface area contributed by atoms with Crippen LogP contribution in [0.3, 0.4) is 0 Å². The van der Waals surface area contributed by atoms with Gasteiger partial charge in [-0.2, -0.15) is 0 Å². The Morgan fingerprint density at radius 2 is 1.74 bits per heavy atom. The zero-order valence-electron chi connectivity index (χ0n) is 10.4. The number of halogens is 2. The molecule has 0 aromatic heterocycles. The van der Waals surface area contributed by atoms with E-state index in [0.29, 0.717) is 22.4 Å². The van der Waals surface area contributed by atoms with E-state index in [1.807, 2.05) is 0 Å². The van der Waals surface area contributed by atoms with Crippen molar-refractivity contribution in [3.05, 3.63) is 28.2 Å². The minimum atomic E-state index is -0.387. The maximum Gasteiger partial charge on any atom is 0.306 e. The first-order chi connectivity index (χ1) is 9.01. The molecule has 0 amide bonds. The molecule has 0 N–H and O–H groups in total. The number of Topliss-reactive ketones (excluding diaryl/α,β-unsaturated/α-hetero) is 1. The maximum absolute atomic E-state index is 11.5. The van der Waals surface area contributed by atoms with Crippen molar-refractivity contribution < 1.29 is 19.1 Å². The Morgan fingerprint density at radius 1 is 1.11 bits per heavy atom. The van der Waals surface area contributed by atoms with Crippen LogP contribution >= 0.6 is 23.2 Å². The van der Waals surface area contributed by atoms with E-state index < -0.39 is 0 Å². The van der Waals surface area contributed by atoms with Crippen molar-refractivity contribution in [1.82, 2.24) is 0 Å². The van der Waals surface area contributed by atoms with E-state index in [1.54, 1.807) is 25.1 Å². The Morgan fingerprint density at radius 3 is 2.32 bits per heavy atom. The fourth-order valence-electron chi connectivity index (χ4n) is 1.32. The lowest BCUT2D eigenvalue weighted by atomic mass is 10.2. The Hall–Kier alpha value is -1.26. The summed E-state index contributed by atoms with van der Waals surface area (Å²) in [5.41, 5.74) is 0. The zero-order chi connectivity index (χ0) is 14.3. The molecule has 0 unspecified atom stereocenters. The lowest BCUT2D eigenvalue weighted by Gasteiger charge is -2.06. The summed E-state index contributed by atoms with van der Waals surface area (Å²) in [5, 5.41) is 0.864. The van der Waals surface area contributed by atoms with E-state index in [-0.39, 0.29) is 31.2 Å². The number of benzene rings is 1. The molecule has 4 nitrogen and oxygen atoms in total. The van der Waals surface area contributed by atoms with Gasteiger partial charge < -0.3 is 9.47 Å². The third-order valence-corrected chi connectivity index (χ3v) is 2.59. The highest BCUT2D eigenvalue weighted by Gasteiger charge is 2.09. The molecule has 0 atom stereocenters. The summed E-state index contributed by atoms with van der Waals surface area (Å²) in [4.78, 5) is 22.6. The molecule has 104 valence electrons. The summed E-state index contributed by atoms with van der Waals surface area (Å²) in [6.07, 6.45) is 0.152. The Labute approximate surface area is 121 Å². The number of carbonyl (C=O) groups is 2. The summed E-state index contributed by atoms with van der Waals surface area (Å²) in [6.45, 7) is 1.90. The molecule has 6 heteroatoms. The van der Waals surface area contributed by atoms with Gasteiger partial charge in [0.15, 0.2) is 5.78 Å². The van der Waals surface area contributed by atoms with Crippen LogP contribution in [0.2, 0.25) is 10.0 Å². The first kappa shape index (κ1) is 15.8. The topological polar surface area (TPSA) is 52.6 Å². The van der Waals surface area contributed by atoms with E-state index in [1.165, 1.54) is 0 Å². The van der Waals surface area contributed by atoms with E-state index in [9.17, 15) is 9.59 Å². The van der Waals surface area contributed by atoms with Gasteiger partial charge in [-0.1, -0.05) is 23.2 Å². The summed E-state index contributed by atoms with van der Waals surface area (Å²) < 4.78 is 9.97. The highest BCUT2D eigenvalue weighted by molar-refractivity contribution is 6.34. The number of ketones is 1. The monoisotopic (exact) mass is 304 g/mol. The fraction of sp³-hybridized carbons (Fsp3) is 0.385. The van der Waals surface area contributed by atoms with Gasteiger partial charge in [0.05, 0.1) is 13.0 Å². The number of ether oxygens (including phenoxy) is 2. The average molecular weight is 305 g/mol. The fourth-order valence-corrected chi connectivity index (χ4v) is 1.83. The average Bonchev–Trinajstić information content (AvgIpc) is 2.33. The van der Waals surface area contributed by atoms with E-state index in [4.69, 9.17) is 32.7 Å². The number of hydrogen-bond acceptors (Lipinski definition) is 4. The second kappa shape index (κ2) is 8.02. The molecule has 0 bridgehead atoms. The summed E-state index contributed by atoms with van der Waals surface area (Å²) in [7, 11) is 0. The molecular weight excluding hydrogens is 291 g/mol. The van der Waals surface area contributed by atoms with Crippen LogP contribution in [0, 0.1) is 0 Å². The minimum Gasteiger partial charge on any atom is -0.486 e. The van der Waals surface area contributed by atoms with Gasteiger partial charge in [-0.25, -0.2) is 0 Å². The van der Waals surface area contributed by atoms with Gasteiger partial charge in [0.25, 0.3) is 0 Å². The molecule has 0 saturated carbocycles. The zero-order valence-corrected chi connectivity index (χ0v) is 12.0. The molecule has 0 fully saturated rings. The number of esters is 1. The predicted molar refractivity (Wildman–Crippen MR) is 72.8 cm³/mol. The Balaban J connectivity index is 2.35. The maximum atomic E-state index is 11.5. The van der Waals surface area contributed by atoms with Crippen molar-refractivity contribution in [2.75, 3.05) is 13.2 Å². The van der Waals surface area contributed by atoms with Crippen LogP contribution in [0.15, 0.2) is 18.2 Å². The van der Waals surface area contributed by atoms with Crippen molar-refractivity contribution in [2.45, 2.75) is 19.8 Å². The van der Waals surface area contributed by atoms with Crippen LogP contribution in [0.5, 0.6) is 5.75 Å². The van der Waals surface area contributed by atoms with Crippen molar-refractivity contribution in [3.63, 3.8) is 0 Å². The molecule has 1 aromatic carbocycles. The number of rotatable bonds is 7. The molecule has 0 aliphatic rings. The number of hydrogen-bond donors (Lipinski definition) is 0. The second-order valence-corrected chi connectivity index (χ2v) is 4.61. The van der Waals surface area contributed by atoms with Crippen LogP contribution in [-0.4, -0.2) is 25.0 Å². The molecular formula is C13H14Cl2O4. The van der Waals surface area contributed by atoms with Crippen molar-refractivity contribution in [1.29, 1.82) is 0 Å². The van der Waals surface area contributed by atoms with Gasteiger partial charge in [0.2, 0.25) is 0 Å². The molecule has 0 radical (unpaired) electrons. The Kier molecular flexibility index (Phi) is 6.67. The van der Waals surface area contributed by atoms with Gasteiger partial charge in [-0.15, -0.1) is 0 Å². The van der Waals surface area contributed by atoms with Crippen molar-refractivity contribution in [2.24, 2.45) is 0 Å². The van der Waals surface area contributed by atoms with Crippen LogP contribution in [0.25, 0.3) is 0 Å². The quantitative estimate of drug-likeness (QED) is 0.725. The van der Waals surface area contributed by atoms with E-state index in [2.05, 4.69) is 0 Å². The van der Waals surface area contributed by atoms with Crippen LogP contribution in [0.1, 0.15) is 19.8 Å². The smallest absolute Gasteiger partial charge is 0.306 e. The molecule has 0 spiro atoms. The first-order valence-corrected chi connectivity index (χ1v) is 6.53. The molecule has 0 aliphatic heterocycles. The largest absolute Gasteiger partial charge is 0.486 e. The molecule has 1 rings (SSSR count). The third kappa shape index (κ3) is 6.45. The molecule has 0 heterocycles. The van der Waals surface area contributed by atoms with Crippen LogP contribution < -0.4 is 4.74 Å². The Bertz CT molecular complexity index is 440. The molecule has 0 aliphatic carbocycles.